The van der Waals surface area contributed by atoms with Crippen molar-refractivity contribution in [1.82, 2.24) is 0 Å². The molecule has 1 saturated heterocycles. The molecule has 0 atom stereocenters. The van der Waals surface area contributed by atoms with Gasteiger partial charge in [-0.15, -0.1) is 11.8 Å². The second-order valence-corrected chi connectivity index (χ2v) is 7.71. The highest BCUT2D eigenvalue weighted by molar-refractivity contribution is 7.99. The molecule has 2 aliphatic rings. The number of thioether (sulfide) groups is 1. The van der Waals surface area contributed by atoms with Crippen LogP contribution in [0.25, 0.3) is 0 Å². The molecule has 28 heavy (non-hydrogen) atoms. The van der Waals surface area contributed by atoms with Gasteiger partial charge in [0.25, 0.3) is 5.91 Å². The van der Waals surface area contributed by atoms with Gasteiger partial charge >= 0.3 is 0 Å². The fraction of sp³-hybridized carbons (Fsp3) is 0.300. The number of amides is 2. The van der Waals surface area contributed by atoms with Gasteiger partial charge in [-0.2, -0.15) is 0 Å². The summed E-state index contributed by atoms with van der Waals surface area (Å²) in [6.45, 7) is 2.43. The van der Waals surface area contributed by atoms with E-state index < -0.39 is 0 Å². The molecule has 0 unspecified atom stereocenters. The van der Waals surface area contributed by atoms with Crippen molar-refractivity contribution in [2.45, 2.75) is 11.3 Å². The van der Waals surface area contributed by atoms with Crippen LogP contribution in [0.2, 0.25) is 0 Å². The first-order valence-corrected chi connectivity index (χ1v) is 10.1. The first-order chi connectivity index (χ1) is 13.6. The molecule has 2 amide bonds. The lowest BCUT2D eigenvalue weighted by molar-refractivity contribution is -0.115. The topological polar surface area (TPSA) is 70.7 Å². The Hall–Kier alpha value is -2.58. The molecule has 0 saturated carbocycles. The zero-order valence-electron chi connectivity index (χ0n) is 15.2. The van der Waals surface area contributed by atoms with E-state index in [-0.39, 0.29) is 17.6 Å². The minimum Gasteiger partial charge on any atom is -0.378 e. The predicted molar refractivity (Wildman–Crippen MR) is 108 cm³/mol. The van der Waals surface area contributed by atoms with Crippen LogP contribution in [-0.2, 0) is 9.53 Å². The normalized spacial score (nSPS) is 16.8. The van der Waals surface area contributed by atoms with Crippen molar-refractivity contribution in [1.29, 1.82) is 0 Å². The standard InChI is InChI=1S/C20H20FN3O3S/c21-15-12-14(2-3-17(15)24-6-8-27-9-7-24)22-20(26)13-1-4-18-16(11-13)23-19(25)5-10-28-18/h1-4,11-12H,5-10H2,(H,22,26)(H,23,25). The van der Waals surface area contributed by atoms with E-state index in [1.807, 2.05) is 11.0 Å². The van der Waals surface area contributed by atoms with E-state index in [0.717, 1.165) is 4.90 Å². The van der Waals surface area contributed by atoms with E-state index in [2.05, 4.69) is 10.6 Å². The second kappa shape index (κ2) is 8.20. The molecule has 0 aliphatic carbocycles. The summed E-state index contributed by atoms with van der Waals surface area (Å²) >= 11 is 1.58. The predicted octanol–water partition coefficient (Wildman–Crippen LogP) is 3.35. The van der Waals surface area contributed by atoms with Gasteiger partial charge in [-0.3, -0.25) is 9.59 Å². The Kier molecular flexibility index (Phi) is 5.50. The molecule has 0 radical (unpaired) electrons. The first kappa shape index (κ1) is 18.8. The third kappa shape index (κ3) is 4.13. The minimum absolute atomic E-state index is 0.0652. The Morgan fingerprint density at radius 3 is 2.79 bits per heavy atom. The molecule has 2 aliphatic heterocycles. The first-order valence-electron chi connectivity index (χ1n) is 9.10. The summed E-state index contributed by atoms with van der Waals surface area (Å²) in [7, 11) is 0. The number of carbonyl (C=O) groups excluding carboxylic acids is 2. The summed E-state index contributed by atoms with van der Waals surface area (Å²) in [4.78, 5) is 27.2. The number of nitrogens with one attached hydrogen (secondary N) is 2. The van der Waals surface area contributed by atoms with Crippen molar-refractivity contribution in [2.24, 2.45) is 0 Å². The SMILES string of the molecule is O=C1CCSc2ccc(C(=O)Nc3ccc(N4CCOCC4)c(F)c3)cc2N1. The maximum Gasteiger partial charge on any atom is 0.255 e. The van der Waals surface area contributed by atoms with Crippen molar-refractivity contribution in [3.63, 3.8) is 0 Å². The Bertz CT molecular complexity index is 916. The number of fused-ring (bicyclic) bond motifs is 1. The third-order valence-corrected chi connectivity index (χ3v) is 5.74. The number of ether oxygens (including phenoxy) is 1. The molecule has 2 N–H and O–H groups in total. The van der Waals surface area contributed by atoms with Gasteiger partial charge in [-0.25, -0.2) is 4.39 Å². The smallest absolute Gasteiger partial charge is 0.255 e. The molecule has 0 spiro atoms. The molecule has 8 heteroatoms. The van der Waals surface area contributed by atoms with Crippen molar-refractivity contribution >= 4 is 40.6 Å². The van der Waals surface area contributed by atoms with Gasteiger partial charge in [0, 0.05) is 41.4 Å². The summed E-state index contributed by atoms with van der Waals surface area (Å²) in [6, 6.07) is 9.86. The third-order valence-electron chi connectivity index (χ3n) is 4.66. The molecule has 2 aromatic rings. The van der Waals surface area contributed by atoms with E-state index >= 15 is 0 Å². The summed E-state index contributed by atoms with van der Waals surface area (Å²) in [6.07, 6.45) is 0.440. The number of halogens is 1. The highest BCUT2D eigenvalue weighted by atomic mass is 32.2. The maximum absolute atomic E-state index is 14.5. The number of hydrogen-bond acceptors (Lipinski definition) is 5. The van der Waals surface area contributed by atoms with Crippen LogP contribution in [0.5, 0.6) is 0 Å². The molecule has 4 rings (SSSR count). The minimum atomic E-state index is -0.384. The lowest BCUT2D eigenvalue weighted by atomic mass is 10.1. The van der Waals surface area contributed by atoms with Gasteiger partial charge in [-0.1, -0.05) is 0 Å². The molecule has 6 nitrogen and oxygen atoms in total. The summed E-state index contributed by atoms with van der Waals surface area (Å²) in [5.74, 6) is -0.0984. The Morgan fingerprint density at radius 2 is 2.00 bits per heavy atom. The second-order valence-electron chi connectivity index (χ2n) is 6.58. The summed E-state index contributed by atoms with van der Waals surface area (Å²) in [5, 5.41) is 5.54. The van der Waals surface area contributed by atoms with E-state index in [9.17, 15) is 14.0 Å². The lowest BCUT2D eigenvalue weighted by Gasteiger charge is -2.29. The van der Waals surface area contributed by atoms with Crippen LogP contribution in [0.4, 0.5) is 21.5 Å². The highest BCUT2D eigenvalue weighted by Gasteiger charge is 2.18. The van der Waals surface area contributed by atoms with Crippen molar-refractivity contribution < 1.29 is 18.7 Å². The van der Waals surface area contributed by atoms with Gasteiger partial charge in [0.1, 0.15) is 5.82 Å². The zero-order valence-corrected chi connectivity index (χ0v) is 16.0. The van der Waals surface area contributed by atoms with Crippen LogP contribution in [0, 0.1) is 5.82 Å². The van der Waals surface area contributed by atoms with Crippen LogP contribution in [0.3, 0.4) is 0 Å². The number of benzene rings is 2. The van der Waals surface area contributed by atoms with Gasteiger partial charge in [0.15, 0.2) is 0 Å². The monoisotopic (exact) mass is 401 g/mol. The van der Waals surface area contributed by atoms with Gasteiger partial charge in [0.05, 0.1) is 24.6 Å². The number of nitrogens with zero attached hydrogens (tertiary/aromatic N) is 1. The molecular formula is C20H20FN3O3S. The van der Waals surface area contributed by atoms with Crippen LogP contribution >= 0.6 is 11.8 Å². The Balaban J connectivity index is 1.49. The molecule has 146 valence electrons. The fourth-order valence-corrected chi connectivity index (χ4v) is 4.15. The average Bonchev–Trinajstić information content (AvgIpc) is 2.88. The maximum atomic E-state index is 14.5. The van der Waals surface area contributed by atoms with E-state index in [0.29, 0.717) is 61.1 Å². The molecule has 1 fully saturated rings. The number of hydrogen-bond donors (Lipinski definition) is 2. The van der Waals surface area contributed by atoms with Gasteiger partial charge < -0.3 is 20.3 Å². The van der Waals surface area contributed by atoms with Crippen LogP contribution in [-0.4, -0.2) is 43.9 Å². The van der Waals surface area contributed by atoms with Gasteiger partial charge in [-0.05, 0) is 36.4 Å². The van der Waals surface area contributed by atoms with Crippen LogP contribution in [0.1, 0.15) is 16.8 Å². The largest absolute Gasteiger partial charge is 0.378 e. The van der Waals surface area contributed by atoms with E-state index in [1.165, 1.54) is 6.07 Å². The molecule has 2 aromatic carbocycles. The zero-order chi connectivity index (χ0) is 19.5. The molecular weight excluding hydrogens is 381 g/mol. The summed E-state index contributed by atoms with van der Waals surface area (Å²) < 4.78 is 19.8. The van der Waals surface area contributed by atoms with Crippen LogP contribution in [0.15, 0.2) is 41.3 Å². The number of anilines is 3. The number of carbonyl (C=O) groups is 2. The summed E-state index contributed by atoms with van der Waals surface area (Å²) in [5.41, 5.74) is 1.92. The molecule has 0 bridgehead atoms. The molecule has 2 heterocycles. The number of morpholine rings is 1. The van der Waals surface area contributed by atoms with E-state index in [4.69, 9.17) is 4.74 Å². The number of rotatable bonds is 3. The Morgan fingerprint density at radius 1 is 1.18 bits per heavy atom. The van der Waals surface area contributed by atoms with Crippen molar-refractivity contribution in [2.75, 3.05) is 47.6 Å². The van der Waals surface area contributed by atoms with Gasteiger partial charge in [0.2, 0.25) is 5.91 Å². The fourth-order valence-electron chi connectivity index (χ4n) is 3.21. The average molecular weight is 401 g/mol. The van der Waals surface area contributed by atoms with Crippen LogP contribution < -0.4 is 15.5 Å². The lowest BCUT2D eigenvalue weighted by Crippen LogP contribution is -2.36. The quantitative estimate of drug-likeness (QED) is 0.826. The molecule has 0 aromatic heterocycles. The van der Waals surface area contributed by atoms with Crippen molar-refractivity contribution in [3.05, 3.63) is 47.8 Å². The Labute approximate surface area is 166 Å². The van der Waals surface area contributed by atoms with Crippen molar-refractivity contribution in [3.8, 4) is 0 Å². The van der Waals surface area contributed by atoms with E-state index in [1.54, 1.807) is 36.0 Å². The highest BCUT2D eigenvalue weighted by Crippen LogP contribution is 2.32.